The van der Waals surface area contributed by atoms with Crippen LogP contribution in [0.3, 0.4) is 0 Å². The summed E-state index contributed by atoms with van der Waals surface area (Å²) in [6, 6.07) is 7.12. The smallest absolute Gasteiger partial charge is 0.407 e. The van der Waals surface area contributed by atoms with Crippen LogP contribution in [0, 0.1) is 12.3 Å². The Morgan fingerprint density at radius 1 is 1.05 bits per heavy atom. The minimum Gasteiger partial charge on any atom is -0.444 e. The van der Waals surface area contributed by atoms with E-state index in [1.807, 2.05) is 65.8 Å². The predicted octanol–water partition coefficient (Wildman–Crippen LogP) is 5.15. The first-order valence-corrected chi connectivity index (χ1v) is 14.6. The van der Waals surface area contributed by atoms with E-state index in [1.54, 1.807) is 6.92 Å². The lowest BCUT2D eigenvalue weighted by Crippen LogP contribution is -2.46. The maximum atomic E-state index is 13.3. The molecule has 0 spiro atoms. The van der Waals surface area contributed by atoms with Crippen LogP contribution in [0.25, 0.3) is 0 Å². The van der Waals surface area contributed by atoms with Gasteiger partial charge in [0.2, 0.25) is 5.91 Å². The van der Waals surface area contributed by atoms with Gasteiger partial charge in [-0.25, -0.2) is 4.79 Å². The fraction of sp³-hybridized carbons (Fsp3) is 0.562. The molecule has 41 heavy (non-hydrogen) atoms. The molecule has 4 N–H and O–H groups in total. The molecule has 1 aliphatic rings. The zero-order valence-electron chi connectivity index (χ0n) is 25.6. The Morgan fingerprint density at radius 2 is 1.71 bits per heavy atom. The molecule has 0 saturated heterocycles. The lowest BCUT2D eigenvalue weighted by atomic mass is 9.75. The van der Waals surface area contributed by atoms with Gasteiger partial charge in [0.05, 0.1) is 0 Å². The second kappa shape index (κ2) is 13.4. The largest absolute Gasteiger partial charge is 0.444 e. The summed E-state index contributed by atoms with van der Waals surface area (Å²) in [5, 5.41) is 8.61. The number of carbonyl (C=O) groups is 4. The number of hydrogen-bond acceptors (Lipinski definition) is 5. The Bertz CT molecular complexity index is 1250. The van der Waals surface area contributed by atoms with Gasteiger partial charge in [-0.05, 0) is 69.1 Å². The lowest BCUT2D eigenvalue weighted by molar-refractivity contribution is -0.123. The van der Waals surface area contributed by atoms with E-state index in [4.69, 9.17) is 4.74 Å². The molecule has 9 heteroatoms. The fourth-order valence-electron chi connectivity index (χ4n) is 5.13. The third kappa shape index (κ3) is 9.20. The Labute approximate surface area is 243 Å². The zero-order chi connectivity index (χ0) is 30.4. The summed E-state index contributed by atoms with van der Waals surface area (Å²) >= 11 is 0. The summed E-state index contributed by atoms with van der Waals surface area (Å²) in [6.07, 6.45) is 3.56. The quantitative estimate of drug-likeness (QED) is 0.299. The van der Waals surface area contributed by atoms with Crippen molar-refractivity contribution in [1.82, 2.24) is 20.9 Å². The van der Waals surface area contributed by atoms with Crippen molar-refractivity contribution in [1.29, 1.82) is 0 Å². The van der Waals surface area contributed by atoms with Gasteiger partial charge in [-0.1, -0.05) is 57.9 Å². The number of nitrogens with one attached hydrogen (secondary N) is 4. The highest BCUT2D eigenvalue weighted by Crippen LogP contribution is 2.36. The molecule has 224 valence electrons. The number of carbonyl (C=O) groups excluding carboxylic acids is 4. The number of unbranched alkanes of at least 4 members (excludes halogenated alkanes) is 1. The third-order valence-corrected chi connectivity index (χ3v) is 7.17. The molecule has 9 nitrogen and oxygen atoms in total. The standard InChI is InChI=1S/C32H46N4O5/c1-8-9-10-23(36-29(39)27-20(2)26-24(35-27)17-32(6,7)18-25(26)37)28(38)34-19-22-13-11-21(12-14-22)15-16-33-30(40)41-31(3,4)5/h11-14,23,35H,8-10,15-19H2,1-7H3,(H,33,40)(H,34,38)(H,36,39). The van der Waals surface area contributed by atoms with E-state index in [9.17, 15) is 19.2 Å². The van der Waals surface area contributed by atoms with Crippen molar-refractivity contribution < 1.29 is 23.9 Å². The summed E-state index contributed by atoms with van der Waals surface area (Å²) in [4.78, 5) is 54.2. The predicted molar refractivity (Wildman–Crippen MR) is 159 cm³/mol. The molecule has 1 aromatic carbocycles. The van der Waals surface area contributed by atoms with Gasteiger partial charge in [-0.2, -0.15) is 0 Å². The normalized spacial score (nSPS) is 15.0. The van der Waals surface area contributed by atoms with Crippen molar-refractivity contribution in [3.8, 4) is 0 Å². The minimum atomic E-state index is -0.687. The zero-order valence-corrected chi connectivity index (χ0v) is 25.6. The molecular formula is C32H46N4O5. The number of benzene rings is 1. The first-order valence-electron chi connectivity index (χ1n) is 14.6. The van der Waals surface area contributed by atoms with Crippen molar-refractivity contribution in [3.63, 3.8) is 0 Å². The van der Waals surface area contributed by atoms with Gasteiger partial charge in [0.25, 0.3) is 5.91 Å². The van der Waals surface area contributed by atoms with Crippen molar-refractivity contribution in [2.24, 2.45) is 5.41 Å². The maximum Gasteiger partial charge on any atom is 0.407 e. The molecule has 3 rings (SSSR count). The van der Waals surface area contributed by atoms with E-state index in [1.165, 1.54) is 0 Å². The Balaban J connectivity index is 1.56. The average Bonchev–Trinajstić information content (AvgIpc) is 3.19. The summed E-state index contributed by atoms with van der Waals surface area (Å²) in [5.41, 5.74) is 3.70. The van der Waals surface area contributed by atoms with E-state index in [0.29, 0.717) is 55.6 Å². The summed E-state index contributed by atoms with van der Waals surface area (Å²) in [7, 11) is 0. The van der Waals surface area contributed by atoms with Crippen LogP contribution in [0.1, 0.15) is 110 Å². The number of hydrogen-bond donors (Lipinski definition) is 4. The first-order chi connectivity index (χ1) is 19.2. The van der Waals surface area contributed by atoms with Gasteiger partial charge in [0.1, 0.15) is 17.3 Å². The van der Waals surface area contributed by atoms with Crippen molar-refractivity contribution in [3.05, 3.63) is 57.9 Å². The number of ether oxygens (including phenoxy) is 1. The van der Waals surface area contributed by atoms with E-state index in [0.717, 1.165) is 29.7 Å². The fourth-order valence-corrected chi connectivity index (χ4v) is 5.13. The molecule has 0 saturated carbocycles. The molecular weight excluding hydrogens is 520 g/mol. The maximum absolute atomic E-state index is 13.3. The molecule has 3 amide bonds. The number of alkyl carbamates (subject to hydrolysis) is 1. The molecule has 0 aliphatic heterocycles. The van der Waals surface area contributed by atoms with Crippen molar-refractivity contribution in [2.75, 3.05) is 6.54 Å². The van der Waals surface area contributed by atoms with E-state index < -0.39 is 17.7 Å². The van der Waals surface area contributed by atoms with Crippen LogP contribution >= 0.6 is 0 Å². The number of amides is 3. The third-order valence-electron chi connectivity index (χ3n) is 7.17. The van der Waals surface area contributed by atoms with Crippen LogP contribution in [0.5, 0.6) is 0 Å². The molecule has 2 aromatic rings. The second-order valence-corrected chi connectivity index (χ2v) is 12.8. The molecule has 1 heterocycles. The van der Waals surface area contributed by atoms with Crippen LogP contribution in [-0.2, 0) is 28.9 Å². The van der Waals surface area contributed by atoms with E-state index in [-0.39, 0.29) is 23.0 Å². The molecule has 1 aromatic heterocycles. The SMILES string of the molecule is CCCCC(NC(=O)c1[nH]c2c(c1C)C(=O)CC(C)(C)C2)C(=O)NCc1ccc(CCNC(=O)OC(C)(C)C)cc1. The van der Waals surface area contributed by atoms with Gasteiger partial charge in [-0.3, -0.25) is 14.4 Å². The summed E-state index contributed by atoms with van der Waals surface area (Å²) in [6.45, 7) is 14.2. The number of H-pyrrole nitrogens is 1. The van der Waals surface area contributed by atoms with Gasteiger partial charge in [0, 0.05) is 30.8 Å². The van der Waals surface area contributed by atoms with E-state index in [2.05, 4.69) is 20.9 Å². The number of aromatic nitrogens is 1. The second-order valence-electron chi connectivity index (χ2n) is 12.8. The van der Waals surface area contributed by atoms with Crippen LogP contribution < -0.4 is 16.0 Å². The number of aromatic amines is 1. The topological polar surface area (TPSA) is 129 Å². The number of rotatable bonds is 11. The molecule has 0 bridgehead atoms. The van der Waals surface area contributed by atoms with Gasteiger partial charge >= 0.3 is 6.09 Å². The highest BCUT2D eigenvalue weighted by molar-refractivity contribution is 6.05. The van der Waals surface area contributed by atoms with Gasteiger partial charge in [-0.15, -0.1) is 0 Å². The average molecular weight is 567 g/mol. The molecule has 0 fully saturated rings. The Morgan fingerprint density at radius 3 is 2.34 bits per heavy atom. The summed E-state index contributed by atoms with van der Waals surface area (Å²) < 4.78 is 5.25. The molecule has 0 radical (unpaired) electrons. The van der Waals surface area contributed by atoms with Gasteiger partial charge < -0.3 is 25.7 Å². The minimum absolute atomic E-state index is 0.0506. The lowest BCUT2D eigenvalue weighted by Gasteiger charge is -2.28. The van der Waals surface area contributed by atoms with Crippen molar-refractivity contribution in [2.45, 2.75) is 105 Å². The van der Waals surface area contributed by atoms with Gasteiger partial charge in [0.15, 0.2) is 5.78 Å². The molecule has 1 atom stereocenters. The highest BCUT2D eigenvalue weighted by atomic mass is 16.6. The monoisotopic (exact) mass is 566 g/mol. The molecule has 1 aliphatic carbocycles. The first kappa shape index (κ1) is 31.9. The Hall–Kier alpha value is -3.62. The summed E-state index contributed by atoms with van der Waals surface area (Å²) in [5.74, 6) is -0.568. The number of Topliss-reactive ketones (excluding diaryl/α,β-unsaturated/α-hetero) is 1. The van der Waals surface area contributed by atoms with Crippen molar-refractivity contribution >= 4 is 23.7 Å². The highest BCUT2D eigenvalue weighted by Gasteiger charge is 2.35. The van der Waals surface area contributed by atoms with Crippen LogP contribution in [0.4, 0.5) is 4.79 Å². The van der Waals surface area contributed by atoms with E-state index >= 15 is 0 Å². The van der Waals surface area contributed by atoms with Crippen LogP contribution in [-0.4, -0.2) is 46.9 Å². The molecule has 1 unspecified atom stereocenters. The number of fused-ring (bicyclic) bond motifs is 1. The number of ketones is 1. The van der Waals surface area contributed by atoms with Crippen LogP contribution in [0.15, 0.2) is 24.3 Å². The Kier molecular flexibility index (Phi) is 10.4. The van der Waals surface area contributed by atoms with Crippen LogP contribution in [0.2, 0.25) is 0 Å².